The van der Waals surface area contributed by atoms with Crippen molar-refractivity contribution in [3.05, 3.63) is 108 Å². The Hall–Kier alpha value is -4.12. The van der Waals surface area contributed by atoms with Crippen LogP contribution in [0.1, 0.15) is 5.56 Å². The first kappa shape index (κ1) is 25.0. The van der Waals surface area contributed by atoms with Crippen LogP contribution in [0.4, 0.5) is 17.1 Å². The van der Waals surface area contributed by atoms with Gasteiger partial charge in [-0.05, 0) is 24.3 Å². The first-order valence-corrected chi connectivity index (χ1v) is 11.1. The van der Waals surface area contributed by atoms with Crippen molar-refractivity contribution in [1.82, 2.24) is 5.43 Å². The first-order valence-electron chi connectivity index (χ1n) is 10.00. The van der Waals surface area contributed by atoms with E-state index < -0.39 is 33.4 Å². The van der Waals surface area contributed by atoms with Gasteiger partial charge in [-0.2, -0.15) is 0 Å². The molecule has 1 aromatic heterocycles. The second kappa shape index (κ2) is 10.2. The molecule has 0 atom stereocenters. The van der Waals surface area contributed by atoms with Gasteiger partial charge in [0.05, 0.1) is 31.9 Å². The molecule has 0 saturated heterocycles. The number of halogens is 3. The van der Waals surface area contributed by atoms with Gasteiger partial charge in [0, 0.05) is 22.5 Å². The van der Waals surface area contributed by atoms with E-state index in [1.165, 1.54) is 12.1 Å². The Balaban J connectivity index is 1.85. The Labute approximate surface area is 217 Å². The van der Waals surface area contributed by atoms with Gasteiger partial charge in [-0.1, -0.05) is 64.8 Å². The van der Waals surface area contributed by atoms with Gasteiger partial charge >= 0.3 is 5.63 Å². The van der Waals surface area contributed by atoms with Crippen LogP contribution in [-0.2, 0) is 0 Å². The van der Waals surface area contributed by atoms with E-state index in [2.05, 4.69) is 16.2 Å². The van der Waals surface area contributed by atoms with Crippen LogP contribution in [0, 0.1) is 10.1 Å². The molecule has 0 fully saturated rings. The van der Waals surface area contributed by atoms with Crippen molar-refractivity contribution < 1.29 is 19.6 Å². The summed E-state index contributed by atoms with van der Waals surface area (Å²) in [5.41, 5.74) is 3.37. The third-order valence-corrected chi connectivity index (χ3v) is 5.72. The van der Waals surface area contributed by atoms with Crippen molar-refractivity contribution in [2.24, 2.45) is 0 Å². The SMILES string of the molecule is O=c1oc2ccccc2c([O-])c1C(NNc1cccc(Cl)c1)=C(O)Nc1c(Cl)cc([N+](=O)[O-])cc1Cl. The summed E-state index contributed by atoms with van der Waals surface area (Å²) >= 11 is 18.3. The molecular formula is C23H14Cl3N4O6-. The molecule has 0 bridgehead atoms. The van der Waals surface area contributed by atoms with Crippen LogP contribution in [-0.4, -0.2) is 10.0 Å². The monoisotopic (exact) mass is 547 g/mol. The number of non-ortho nitro benzene ring substituents is 1. The minimum Gasteiger partial charge on any atom is -0.871 e. The highest BCUT2D eigenvalue weighted by molar-refractivity contribution is 6.39. The Morgan fingerprint density at radius 2 is 1.69 bits per heavy atom. The molecule has 36 heavy (non-hydrogen) atoms. The quantitative estimate of drug-likeness (QED) is 0.0993. The van der Waals surface area contributed by atoms with Crippen LogP contribution in [0.2, 0.25) is 15.1 Å². The molecule has 184 valence electrons. The van der Waals surface area contributed by atoms with Crippen molar-refractivity contribution in [3.63, 3.8) is 0 Å². The lowest BCUT2D eigenvalue weighted by atomic mass is 10.1. The maximum absolute atomic E-state index is 13.2. The minimum atomic E-state index is -1.04. The highest BCUT2D eigenvalue weighted by atomic mass is 35.5. The average molecular weight is 549 g/mol. The minimum absolute atomic E-state index is 0.0623. The number of nitrogens with one attached hydrogen (secondary N) is 3. The number of para-hydroxylation sites is 1. The highest BCUT2D eigenvalue weighted by Gasteiger charge is 2.21. The largest absolute Gasteiger partial charge is 0.871 e. The van der Waals surface area contributed by atoms with Crippen LogP contribution >= 0.6 is 34.8 Å². The van der Waals surface area contributed by atoms with E-state index in [0.717, 1.165) is 12.1 Å². The standard InChI is InChI=1S/C23H15Cl3N4O6/c24-11-4-3-5-12(8-11)28-29-20(18-21(31)14-6-1-2-7-17(14)36-23(18)33)22(32)27-19-15(25)9-13(30(34)35)10-16(19)26/h1-10,27-29,31-32H/p-1. The summed E-state index contributed by atoms with van der Waals surface area (Å²) < 4.78 is 5.27. The summed E-state index contributed by atoms with van der Waals surface area (Å²) in [4.78, 5) is 23.2. The Morgan fingerprint density at radius 1 is 1.00 bits per heavy atom. The lowest BCUT2D eigenvalue weighted by Crippen LogP contribution is -2.27. The van der Waals surface area contributed by atoms with Gasteiger partial charge < -0.3 is 25.4 Å². The molecule has 0 amide bonds. The molecule has 0 aliphatic carbocycles. The van der Waals surface area contributed by atoms with Gasteiger partial charge in [0.25, 0.3) is 5.69 Å². The average Bonchev–Trinajstić information content (AvgIpc) is 2.83. The Kier molecular flexibility index (Phi) is 7.11. The predicted molar refractivity (Wildman–Crippen MR) is 136 cm³/mol. The zero-order valence-electron chi connectivity index (χ0n) is 17.8. The number of aliphatic hydroxyl groups excluding tert-OH is 1. The van der Waals surface area contributed by atoms with E-state index in [-0.39, 0.29) is 32.4 Å². The molecule has 0 aliphatic rings. The number of nitrogens with zero attached hydrogens (tertiary/aromatic N) is 1. The van der Waals surface area contributed by atoms with Crippen LogP contribution in [0.3, 0.4) is 0 Å². The van der Waals surface area contributed by atoms with Crippen molar-refractivity contribution in [3.8, 4) is 5.75 Å². The molecule has 0 saturated carbocycles. The maximum Gasteiger partial charge on any atom is 0.345 e. The van der Waals surface area contributed by atoms with Crippen LogP contribution in [0.15, 0.2) is 75.8 Å². The van der Waals surface area contributed by atoms with Gasteiger partial charge in [0.1, 0.15) is 11.3 Å². The molecular weight excluding hydrogens is 535 g/mol. The smallest absolute Gasteiger partial charge is 0.345 e. The zero-order valence-corrected chi connectivity index (χ0v) is 20.1. The van der Waals surface area contributed by atoms with Crippen molar-refractivity contribution in [2.75, 3.05) is 10.7 Å². The van der Waals surface area contributed by atoms with Gasteiger partial charge in [0.15, 0.2) is 0 Å². The first-order chi connectivity index (χ1) is 17.2. The van der Waals surface area contributed by atoms with Crippen LogP contribution in [0.5, 0.6) is 5.75 Å². The van der Waals surface area contributed by atoms with E-state index in [1.807, 2.05) is 0 Å². The molecule has 0 spiro atoms. The van der Waals surface area contributed by atoms with E-state index in [4.69, 9.17) is 39.2 Å². The number of anilines is 2. The molecule has 4 rings (SSSR count). The number of fused-ring (bicyclic) bond motifs is 1. The second-order valence-electron chi connectivity index (χ2n) is 7.24. The van der Waals surface area contributed by atoms with Gasteiger partial charge in [-0.25, -0.2) is 4.79 Å². The number of aliphatic hydroxyl groups is 1. The number of nitro benzene ring substituents is 1. The summed E-state index contributed by atoms with van der Waals surface area (Å²) in [5, 5.41) is 37.8. The zero-order chi connectivity index (χ0) is 26.0. The van der Waals surface area contributed by atoms with Crippen molar-refractivity contribution >= 4 is 68.5 Å². The van der Waals surface area contributed by atoms with E-state index in [9.17, 15) is 25.1 Å². The second-order valence-corrected chi connectivity index (χ2v) is 8.49. The molecule has 0 radical (unpaired) electrons. The number of benzene rings is 3. The fourth-order valence-corrected chi connectivity index (χ4v) is 4.00. The lowest BCUT2D eigenvalue weighted by Gasteiger charge is -2.21. The molecule has 1 heterocycles. The molecule has 4 N–H and O–H groups in total. The molecule has 4 aromatic rings. The van der Waals surface area contributed by atoms with Crippen molar-refractivity contribution in [1.29, 1.82) is 0 Å². The summed E-state index contributed by atoms with van der Waals surface area (Å²) in [5.74, 6) is -1.49. The topological polar surface area (TPSA) is 153 Å². The predicted octanol–water partition coefficient (Wildman–Crippen LogP) is 5.65. The molecule has 13 heteroatoms. The van der Waals surface area contributed by atoms with Crippen LogP contribution in [0.25, 0.3) is 16.7 Å². The number of hydrazine groups is 1. The van der Waals surface area contributed by atoms with Gasteiger partial charge in [0.2, 0.25) is 5.88 Å². The molecule has 0 unspecified atom stereocenters. The highest BCUT2D eigenvalue weighted by Crippen LogP contribution is 2.36. The summed E-state index contributed by atoms with van der Waals surface area (Å²) in [6, 6.07) is 14.6. The van der Waals surface area contributed by atoms with E-state index in [0.29, 0.717) is 10.7 Å². The number of rotatable bonds is 7. The number of nitro groups is 1. The van der Waals surface area contributed by atoms with Crippen LogP contribution < -0.4 is 26.9 Å². The summed E-state index contributed by atoms with van der Waals surface area (Å²) in [6.07, 6.45) is 0. The fraction of sp³-hybridized carbons (Fsp3) is 0. The summed E-state index contributed by atoms with van der Waals surface area (Å²) in [7, 11) is 0. The third kappa shape index (κ3) is 5.10. The maximum atomic E-state index is 13.2. The number of hydrogen-bond acceptors (Lipinski definition) is 9. The number of hydrogen-bond donors (Lipinski definition) is 4. The fourth-order valence-electron chi connectivity index (χ4n) is 3.24. The summed E-state index contributed by atoms with van der Waals surface area (Å²) in [6.45, 7) is 0. The molecule has 0 aliphatic heterocycles. The molecule has 3 aromatic carbocycles. The molecule has 10 nitrogen and oxygen atoms in total. The lowest BCUT2D eigenvalue weighted by molar-refractivity contribution is -0.384. The van der Waals surface area contributed by atoms with E-state index >= 15 is 0 Å². The van der Waals surface area contributed by atoms with Gasteiger partial charge in [-0.3, -0.25) is 15.5 Å². The van der Waals surface area contributed by atoms with Crippen molar-refractivity contribution in [2.45, 2.75) is 0 Å². The van der Waals surface area contributed by atoms with Gasteiger partial charge in [-0.15, -0.1) is 0 Å². The Morgan fingerprint density at radius 3 is 2.36 bits per heavy atom. The Bertz CT molecular complexity index is 1570. The normalized spacial score (nSPS) is 11.6. The van der Waals surface area contributed by atoms with E-state index in [1.54, 1.807) is 36.4 Å². The third-order valence-electron chi connectivity index (χ3n) is 4.89.